The maximum Gasteiger partial charge on any atom is 0.268 e. The van der Waals surface area contributed by atoms with Crippen molar-refractivity contribution in [2.45, 2.75) is 24.5 Å². The van der Waals surface area contributed by atoms with E-state index in [1.54, 1.807) is 11.8 Å². The first-order valence-corrected chi connectivity index (χ1v) is 8.31. The fraction of sp³-hybridized carbons (Fsp3) is 0.200. The number of rotatable bonds is 4. The van der Waals surface area contributed by atoms with E-state index < -0.39 is 0 Å². The fourth-order valence-electron chi connectivity index (χ4n) is 1.98. The number of nitrogens with two attached hydrogens (primary N) is 1. The second kappa shape index (κ2) is 5.91. The van der Waals surface area contributed by atoms with Crippen molar-refractivity contribution in [3.8, 4) is 10.8 Å². The predicted octanol–water partition coefficient (Wildman–Crippen LogP) is 4.29. The molecule has 1 aromatic carbocycles. The van der Waals surface area contributed by atoms with E-state index in [0.29, 0.717) is 17.5 Å². The van der Waals surface area contributed by atoms with Gasteiger partial charge in [0.1, 0.15) is 0 Å². The van der Waals surface area contributed by atoms with Crippen molar-refractivity contribution in [3.05, 3.63) is 47.3 Å². The van der Waals surface area contributed by atoms with Gasteiger partial charge in [-0.2, -0.15) is 4.98 Å². The molecule has 108 valence electrons. The van der Waals surface area contributed by atoms with E-state index in [0.717, 1.165) is 15.4 Å². The maximum absolute atomic E-state index is 5.80. The van der Waals surface area contributed by atoms with E-state index in [1.807, 2.05) is 25.1 Å². The highest BCUT2D eigenvalue weighted by Crippen LogP contribution is 2.33. The van der Waals surface area contributed by atoms with Crippen LogP contribution in [0.3, 0.4) is 0 Å². The Hall–Kier alpha value is -1.79. The Morgan fingerprint density at radius 1 is 1.24 bits per heavy atom. The number of nitrogens with zero attached hydrogens (tertiary/aromatic N) is 2. The smallest absolute Gasteiger partial charge is 0.268 e. The monoisotopic (exact) mass is 317 g/mol. The standard InChI is InChI=1S/C15H15N3OS2/c1-9-5-3-4-6-11(9)20-8-13-17-15(19-18-13)14-10(2)7-12(16)21-14/h3-7H,8,16H2,1-2H3. The average molecular weight is 317 g/mol. The number of aryl methyl sites for hydroxylation is 2. The second-order valence-corrected chi connectivity index (χ2v) is 6.83. The Bertz CT molecular complexity index is 764. The summed E-state index contributed by atoms with van der Waals surface area (Å²) in [4.78, 5) is 6.64. The van der Waals surface area contributed by atoms with Gasteiger partial charge in [0.05, 0.1) is 15.6 Å². The molecular weight excluding hydrogens is 302 g/mol. The van der Waals surface area contributed by atoms with Crippen LogP contribution in [0.2, 0.25) is 0 Å². The molecule has 3 aromatic rings. The fourth-order valence-corrected chi connectivity index (χ4v) is 3.72. The average Bonchev–Trinajstić information content (AvgIpc) is 3.04. The van der Waals surface area contributed by atoms with Gasteiger partial charge in [0.25, 0.3) is 5.89 Å². The van der Waals surface area contributed by atoms with Gasteiger partial charge in [-0.25, -0.2) is 0 Å². The molecule has 3 rings (SSSR count). The lowest BCUT2D eigenvalue weighted by atomic mass is 10.2. The molecule has 2 aromatic heterocycles. The molecule has 21 heavy (non-hydrogen) atoms. The number of anilines is 1. The molecule has 0 saturated heterocycles. The van der Waals surface area contributed by atoms with E-state index >= 15 is 0 Å². The quantitative estimate of drug-likeness (QED) is 0.727. The summed E-state index contributed by atoms with van der Waals surface area (Å²) < 4.78 is 5.34. The third kappa shape index (κ3) is 3.11. The second-order valence-electron chi connectivity index (χ2n) is 4.73. The van der Waals surface area contributed by atoms with Crippen molar-refractivity contribution in [1.82, 2.24) is 10.1 Å². The summed E-state index contributed by atoms with van der Waals surface area (Å²) in [6.07, 6.45) is 0. The lowest BCUT2D eigenvalue weighted by Crippen LogP contribution is -1.85. The van der Waals surface area contributed by atoms with Gasteiger partial charge < -0.3 is 10.3 Å². The minimum atomic E-state index is 0.551. The number of nitrogen functional groups attached to an aromatic ring is 1. The molecule has 0 unspecified atom stereocenters. The van der Waals surface area contributed by atoms with Crippen molar-refractivity contribution in [1.29, 1.82) is 0 Å². The Morgan fingerprint density at radius 2 is 2.05 bits per heavy atom. The zero-order chi connectivity index (χ0) is 14.8. The molecule has 0 amide bonds. The first-order chi connectivity index (χ1) is 10.1. The Labute approximate surface area is 131 Å². The Morgan fingerprint density at radius 3 is 2.76 bits per heavy atom. The number of benzene rings is 1. The lowest BCUT2D eigenvalue weighted by molar-refractivity contribution is 0.426. The summed E-state index contributed by atoms with van der Waals surface area (Å²) in [7, 11) is 0. The molecule has 0 aliphatic carbocycles. The number of thioether (sulfide) groups is 1. The molecule has 0 saturated carbocycles. The van der Waals surface area contributed by atoms with Gasteiger partial charge in [0, 0.05) is 4.90 Å². The van der Waals surface area contributed by atoms with Crippen LogP contribution >= 0.6 is 23.1 Å². The van der Waals surface area contributed by atoms with Crippen molar-refractivity contribution in [2.75, 3.05) is 5.73 Å². The van der Waals surface area contributed by atoms with E-state index in [2.05, 4.69) is 29.2 Å². The van der Waals surface area contributed by atoms with Crippen LogP contribution in [0.5, 0.6) is 0 Å². The molecule has 0 atom stereocenters. The number of thiophene rings is 1. The first-order valence-electron chi connectivity index (χ1n) is 6.51. The first kappa shape index (κ1) is 14.2. The van der Waals surface area contributed by atoms with Crippen molar-refractivity contribution in [3.63, 3.8) is 0 Å². The van der Waals surface area contributed by atoms with E-state index in [9.17, 15) is 0 Å². The van der Waals surface area contributed by atoms with E-state index in [-0.39, 0.29) is 0 Å². The number of hydrogen-bond acceptors (Lipinski definition) is 6. The van der Waals surface area contributed by atoms with Crippen LogP contribution < -0.4 is 5.73 Å². The van der Waals surface area contributed by atoms with Crippen LogP contribution in [0.1, 0.15) is 17.0 Å². The summed E-state index contributed by atoms with van der Waals surface area (Å²) in [6, 6.07) is 10.2. The molecule has 0 fully saturated rings. The van der Waals surface area contributed by atoms with E-state index in [4.69, 9.17) is 10.3 Å². The summed E-state index contributed by atoms with van der Waals surface area (Å²) >= 11 is 3.18. The zero-order valence-corrected chi connectivity index (χ0v) is 13.4. The SMILES string of the molecule is Cc1ccccc1SCc1noc(-c2sc(N)cc2C)n1. The zero-order valence-electron chi connectivity index (χ0n) is 11.8. The van der Waals surface area contributed by atoms with Crippen LogP contribution in [0.4, 0.5) is 5.00 Å². The predicted molar refractivity (Wildman–Crippen MR) is 87.5 cm³/mol. The minimum Gasteiger partial charge on any atom is -0.391 e. The topological polar surface area (TPSA) is 64.9 Å². The van der Waals surface area contributed by atoms with Crippen LogP contribution in [0.15, 0.2) is 39.8 Å². The van der Waals surface area contributed by atoms with Gasteiger partial charge in [-0.3, -0.25) is 0 Å². The lowest BCUT2D eigenvalue weighted by Gasteiger charge is -2.01. The van der Waals surface area contributed by atoms with Gasteiger partial charge in [-0.05, 0) is 37.1 Å². The third-order valence-electron chi connectivity index (χ3n) is 3.05. The largest absolute Gasteiger partial charge is 0.391 e. The summed E-state index contributed by atoms with van der Waals surface area (Å²) in [5.74, 6) is 1.94. The molecule has 0 radical (unpaired) electrons. The molecule has 4 nitrogen and oxygen atoms in total. The maximum atomic E-state index is 5.80. The Balaban J connectivity index is 1.74. The molecule has 0 bridgehead atoms. The molecule has 6 heteroatoms. The van der Waals surface area contributed by atoms with Gasteiger partial charge in [0.15, 0.2) is 5.82 Å². The van der Waals surface area contributed by atoms with Crippen molar-refractivity contribution in [2.24, 2.45) is 0 Å². The normalized spacial score (nSPS) is 11.0. The summed E-state index contributed by atoms with van der Waals surface area (Å²) in [5, 5.41) is 4.81. The van der Waals surface area contributed by atoms with Crippen LogP contribution in [-0.4, -0.2) is 10.1 Å². The van der Waals surface area contributed by atoms with Crippen LogP contribution in [-0.2, 0) is 5.75 Å². The highest BCUT2D eigenvalue weighted by atomic mass is 32.2. The molecular formula is C15H15N3OS2. The van der Waals surface area contributed by atoms with Gasteiger partial charge >= 0.3 is 0 Å². The highest BCUT2D eigenvalue weighted by molar-refractivity contribution is 7.98. The molecule has 2 heterocycles. The highest BCUT2D eigenvalue weighted by Gasteiger charge is 2.14. The number of aromatic nitrogens is 2. The van der Waals surface area contributed by atoms with Crippen molar-refractivity contribution >= 4 is 28.1 Å². The Kier molecular flexibility index (Phi) is 3.98. The van der Waals surface area contributed by atoms with E-state index in [1.165, 1.54) is 21.8 Å². The molecule has 0 spiro atoms. The van der Waals surface area contributed by atoms with Gasteiger partial charge in [-0.15, -0.1) is 23.1 Å². The third-order valence-corrected chi connectivity index (χ3v) is 5.28. The van der Waals surface area contributed by atoms with Gasteiger partial charge in [-0.1, -0.05) is 23.4 Å². The molecule has 0 aliphatic heterocycles. The molecule has 2 N–H and O–H groups in total. The van der Waals surface area contributed by atoms with Gasteiger partial charge in [0.2, 0.25) is 0 Å². The number of hydrogen-bond donors (Lipinski definition) is 1. The summed E-state index contributed by atoms with van der Waals surface area (Å²) in [5.41, 5.74) is 8.13. The van der Waals surface area contributed by atoms with Crippen LogP contribution in [0, 0.1) is 13.8 Å². The van der Waals surface area contributed by atoms with Crippen LogP contribution in [0.25, 0.3) is 10.8 Å². The summed E-state index contributed by atoms with van der Waals surface area (Å²) in [6.45, 7) is 4.09. The minimum absolute atomic E-state index is 0.551. The van der Waals surface area contributed by atoms with Crippen molar-refractivity contribution < 1.29 is 4.52 Å². The molecule has 0 aliphatic rings.